The molecule has 33 heavy (non-hydrogen) atoms. The number of imide groups is 1. The number of ether oxygens (including phenoxy) is 1. The summed E-state index contributed by atoms with van der Waals surface area (Å²) in [6, 6.07) is 22.1. The minimum absolute atomic E-state index is 0.0956. The smallest absolute Gasteiger partial charge is 0.278 e. The Balaban J connectivity index is 1.67. The van der Waals surface area contributed by atoms with E-state index >= 15 is 0 Å². The molecule has 4 rings (SSSR count). The summed E-state index contributed by atoms with van der Waals surface area (Å²) in [4.78, 5) is 38.3. The molecule has 0 bridgehead atoms. The van der Waals surface area contributed by atoms with Gasteiger partial charge < -0.3 is 10.1 Å². The number of nitro benzene ring substituents is 1. The summed E-state index contributed by atoms with van der Waals surface area (Å²) >= 11 is 0. The summed E-state index contributed by atoms with van der Waals surface area (Å²) in [5.74, 6) is -0.232. The van der Waals surface area contributed by atoms with E-state index in [1.54, 1.807) is 31.4 Å². The van der Waals surface area contributed by atoms with Crippen LogP contribution in [0, 0.1) is 10.1 Å². The molecule has 3 aromatic carbocycles. The molecule has 1 heterocycles. The lowest BCUT2D eigenvalue weighted by Crippen LogP contribution is -2.34. The van der Waals surface area contributed by atoms with Gasteiger partial charge in [0.15, 0.2) is 0 Å². The van der Waals surface area contributed by atoms with Crippen LogP contribution in [0.1, 0.15) is 11.1 Å². The number of benzene rings is 3. The third-order valence-electron chi connectivity index (χ3n) is 5.36. The second-order valence-corrected chi connectivity index (χ2v) is 7.41. The molecule has 2 amide bonds. The van der Waals surface area contributed by atoms with Gasteiger partial charge >= 0.3 is 0 Å². The second kappa shape index (κ2) is 9.35. The molecule has 0 aliphatic carbocycles. The number of non-ortho nitro benzene ring substituents is 1. The van der Waals surface area contributed by atoms with E-state index in [4.69, 9.17) is 4.74 Å². The lowest BCUT2D eigenvalue weighted by Gasteiger charge is -2.15. The van der Waals surface area contributed by atoms with E-state index in [1.165, 1.54) is 29.2 Å². The molecule has 0 spiro atoms. The van der Waals surface area contributed by atoms with Crippen LogP contribution in [0.2, 0.25) is 0 Å². The van der Waals surface area contributed by atoms with Crippen LogP contribution in [-0.4, -0.2) is 35.3 Å². The first kappa shape index (κ1) is 21.8. The Labute approximate surface area is 190 Å². The zero-order valence-corrected chi connectivity index (χ0v) is 17.9. The number of carbonyl (C=O) groups is 2. The lowest BCUT2D eigenvalue weighted by molar-refractivity contribution is -0.384. The van der Waals surface area contributed by atoms with Crippen LogP contribution < -0.4 is 10.1 Å². The fraction of sp³-hybridized carbons (Fsp3) is 0.120. The summed E-state index contributed by atoms with van der Waals surface area (Å²) in [5, 5.41) is 14.1. The summed E-state index contributed by atoms with van der Waals surface area (Å²) in [6.45, 7) is 0.214. The summed E-state index contributed by atoms with van der Waals surface area (Å²) in [5.41, 5.74) is 2.26. The highest BCUT2D eigenvalue weighted by Gasteiger charge is 2.39. The molecule has 8 heteroatoms. The third kappa shape index (κ3) is 4.59. The first-order valence-corrected chi connectivity index (χ1v) is 10.3. The van der Waals surface area contributed by atoms with E-state index in [0.717, 1.165) is 5.56 Å². The molecular formula is C25H21N3O5. The van der Waals surface area contributed by atoms with Crippen molar-refractivity contribution >= 4 is 28.8 Å². The second-order valence-electron chi connectivity index (χ2n) is 7.41. The zero-order valence-electron chi connectivity index (χ0n) is 17.9. The summed E-state index contributed by atoms with van der Waals surface area (Å²) in [7, 11) is 1.56. The van der Waals surface area contributed by atoms with Gasteiger partial charge in [-0.25, -0.2) is 0 Å². The maximum atomic E-state index is 13.3. The van der Waals surface area contributed by atoms with Gasteiger partial charge in [-0.3, -0.25) is 24.6 Å². The molecule has 0 unspecified atom stereocenters. The molecule has 0 radical (unpaired) electrons. The number of hydrogen-bond donors (Lipinski definition) is 1. The minimum Gasteiger partial charge on any atom is -0.497 e. The van der Waals surface area contributed by atoms with Crippen molar-refractivity contribution in [3.8, 4) is 5.75 Å². The number of nitro groups is 1. The molecule has 8 nitrogen and oxygen atoms in total. The van der Waals surface area contributed by atoms with Crippen LogP contribution in [0.3, 0.4) is 0 Å². The first-order chi connectivity index (χ1) is 16.0. The van der Waals surface area contributed by atoms with Gasteiger partial charge in [0.2, 0.25) is 0 Å². The number of rotatable bonds is 8. The SMILES string of the molecule is COc1ccc(NC2=C(c3ccc([N+](=O)[O-])cc3)C(=O)N(CCc3ccccc3)C2=O)cc1. The molecular weight excluding hydrogens is 422 g/mol. The number of nitrogens with one attached hydrogen (secondary N) is 1. The Morgan fingerprint density at radius 2 is 1.58 bits per heavy atom. The fourth-order valence-corrected chi connectivity index (χ4v) is 3.62. The van der Waals surface area contributed by atoms with E-state index in [1.807, 2.05) is 30.3 Å². The number of methoxy groups -OCH3 is 1. The van der Waals surface area contributed by atoms with Gasteiger partial charge in [0.05, 0.1) is 17.6 Å². The normalized spacial score (nSPS) is 13.4. The van der Waals surface area contributed by atoms with Crippen LogP contribution in [0.15, 0.2) is 84.6 Å². The maximum absolute atomic E-state index is 13.3. The average molecular weight is 443 g/mol. The average Bonchev–Trinajstić information content (AvgIpc) is 3.07. The summed E-state index contributed by atoms with van der Waals surface area (Å²) in [6.07, 6.45) is 0.516. The summed E-state index contributed by atoms with van der Waals surface area (Å²) < 4.78 is 5.17. The van der Waals surface area contributed by atoms with E-state index in [9.17, 15) is 19.7 Å². The van der Waals surface area contributed by atoms with Crippen LogP contribution in [0.25, 0.3) is 5.57 Å². The van der Waals surface area contributed by atoms with Crippen molar-refractivity contribution < 1.29 is 19.2 Å². The molecule has 0 fully saturated rings. The Kier molecular flexibility index (Phi) is 6.17. The van der Waals surface area contributed by atoms with E-state index < -0.39 is 16.7 Å². The molecule has 1 N–H and O–H groups in total. The van der Waals surface area contributed by atoms with E-state index in [2.05, 4.69) is 5.32 Å². The Hall–Kier alpha value is -4.46. The van der Waals surface area contributed by atoms with Crippen molar-refractivity contribution in [2.24, 2.45) is 0 Å². The topological polar surface area (TPSA) is 102 Å². The minimum atomic E-state index is -0.511. The van der Waals surface area contributed by atoms with Crippen LogP contribution in [0.4, 0.5) is 11.4 Å². The molecule has 166 valence electrons. The van der Waals surface area contributed by atoms with Gasteiger partial charge in [0.1, 0.15) is 11.4 Å². The Bertz CT molecular complexity index is 1220. The molecule has 0 saturated carbocycles. The van der Waals surface area contributed by atoms with Gasteiger partial charge in [0, 0.05) is 24.4 Å². The van der Waals surface area contributed by atoms with Crippen LogP contribution in [0.5, 0.6) is 5.75 Å². The van der Waals surface area contributed by atoms with Crippen molar-refractivity contribution in [3.63, 3.8) is 0 Å². The highest BCUT2D eigenvalue weighted by molar-refractivity contribution is 6.36. The maximum Gasteiger partial charge on any atom is 0.278 e. The molecule has 0 aromatic heterocycles. The van der Waals surface area contributed by atoms with Crippen molar-refractivity contribution in [1.82, 2.24) is 4.90 Å². The Morgan fingerprint density at radius 1 is 0.909 bits per heavy atom. The van der Waals surface area contributed by atoms with Crippen molar-refractivity contribution in [2.45, 2.75) is 6.42 Å². The molecule has 3 aromatic rings. The van der Waals surface area contributed by atoms with Crippen molar-refractivity contribution in [1.29, 1.82) is 0 Å². The van der Waals surface area contributed by atoms with Gasteiger partial charge in [-0.1, -0.05) is 30.3 Å². The first-order valence-electron chi connectivity index (χ1n) is 10.3. The molecule has 1 aliphatic rings. The van der Waals surface area contributed by atoms with Gasteiger partial charge in [0.25, 0.3) is 17.5 Å². The predicted molar refractivity (Wildman–Crippen MR) is 123 cm³/mol. The number of hydrogen-bond acceptors (Lipinski definition) is 6. The zero-order chi connectivity index (χ0) is 23.4. The quantitative estimate of drug-likeness (QED) is 0.320. The van der Waals surface area contributed by atoms with Crippen LogP contribution >= 0.6 is 0 Å². The van der Waals surface area contributed by atoms with Gasteiger partial charge in [-0.15, -0.1) is 0 Å². The molecule has 0 saturated heterocycles. The van der Waals surface area contributed by atoms with Crippen LogP contribution in [-0.2, 0) is 16.0 Å². The van der Waals surface area contributed by atoms with Gasteiger partial charge in [-0.05, 0) is 53.9 Å². The highest BCUT2D eigenvalue weighted by atomic mass is 16.6. The van der Waals surface area contributed by atoms with Gasteiger partial charge in [-0.2, -0.15) is 0 Å². The highest BCUT2D eigenvalue weighted by Crippen LogP contribution is 2.32. The standard InChI is InChI=1S/C25H21N3O5/c1-33-21-13-9-19(10-14-21)26-23-22(18-7-11-20(12-8-18)28(31)32)24(29)27(25(23)30)16-15-17-5-3-2-4-6-17/h2-14,26H,15-16H2,1H3. The number of anilines is 1. The molecule has 1 aliphatic heterocycles. The Morgan fingerprint density at radius 3 is 2.18 bits per heavy atom. The van der Waals surface area contributed by atoms with Crippen molar-refractivity contribution in [2.75, 3.05) is 19.0 Å². The number of nitrogens with zero attached hydrogens (tertiary/aromatic N) is 2. The number of amides is 2. The predicted octanol–water partition coefficient (Wildman–Crippen LogP) is 4.04. The number of carbonyl (C=O) groups excluding carboxylic acids is 2. The monoisotopic (exact) mass is 443 g/mol. The lowest BCUT2D eigenvalue weighted by atomic mass is 10.0. The largest absolute Gasteiger partial charge is 0.497 e. The fourth-order valence-electron chi connectivity index (χ4n) is 3.62. The van der Waals surface area contributed by atoms with Crippen molar-refractivity contribution in [3.05, 3.63) is 106 Å². The van der Waals surface area contributed by atoms with E-state index in [-0.39, 0.29) is 23.5 Å². The molecule has 0 atom stereocenters. The third-order valence-corrected chi connectivity index (χ3v) is 5.36. The van der Waals surface area contributed by atoms with E-state index in [0.29, 0.717) is 23.4 Å².